The quantitative estimate of drug-likeness (QED) is 0.244. The number of hydrogen-bond donors (Lipinski definition) is 0. The number of likely N-dealkylation sites (N-methyl/N-ethyl adjacent to an activating group) is 1. The van der Waals surface area contributed by atoms with Crippen LogP contribution < -0.4 is 0 Å². The second kappa shape index (κ2) is 11.3. The summed E-state index contributed by atoms with van der Waals surface area (Å²) in [5.41, 5.74) is 0. The second-order valence-electron chi connectivity index (χ2n) is 6.09. The van der Waals surface area contributed by atoms with Crippen LogP contribution in [0.3, 0.4) is 0 Å². The van der Waals surface area contributed by atoms with E-state index in [9.17, 15) is 0 Å². The maximum atomic E-state index is 3.93. The third-order valence-electron chi connectivity index (χ3n) is 4.20. The first-order valence-corrected chi connectivity index (χ1v) is 8.21. The molecule has 0 aromatic rings. The van der Waals surface area contributed by atoms with Gasteiger partial charge in [0.2, 0.25) is 0 Å². The Balaban J connectivity index is 4.11. The van der Waals surface area contributed by atoms with Gasteiger partial charge in [-0.2, -0.15) is 0 Å². The van der Waals surface area contributed by atoms with E-state index < -0.39 is 0 Å². The fourth-order valence-electron chi connectivity index (χ4n) is 3.01. The predicted molar refractivity (Wildman–Crippen MR) is 88.3 cm³/mol. The van der Waals surface area contributed by atoms with Crippen LogP contribution in [0.2, 0.25) is 0 Å². The van der Waals surface area contributed by atoms with Gasteiger partial charge in [0.25, 0.3) is 0 Å². The van der Waals surface area contributed by atoms with Gasteiger partial charge in [0, 0.05) is 5.92 Å². The first-order valence-electron chi connectivity index (χ1n) is 8.21. The zero-order valence-corrected chi connectivity index (χ0v) is 13.7. The molecule has 0 aliphatic heterocycles. The molecule has 0 saturated heterocycles. The fourth-order valence-corrected chi connectivity index (χ4v) is 3.01. The average Bonchev–Trinajstić information content (AvgIpc) is 2.39. The molecule has 0 N–H and O–H groups in total. The molecule has 0 rings (SSSR count). The molecule has 0 aliphatic carbocycles. The average molecular weight is 266 g/mol. The van der Waals surface area contributed by atoms with Crippen LogP contribution in [0.1, 0.15) is 59.3 Å². The van der Waals surface area contributed by atoms with Gasteiger partial charge in [-0.15, -0.1) is 0 Å². The van der Waals surface area contributed by atoms with Crippen molar-refractivity contribution < 1.29 is 4.48 Å². The third-order valence-corrected chi connectivity index (χ3v) is 4.20. The largest absolute Gasteiger partial charge is 0.317 e. The zero-order valence-electron chi connectivity index (χ0n) is 13.7. The standard InChI is InChI=1S/C18H36N/c1-6-10-11-12-13-14-18(5)17-19(9-4,15-7-2)16-8-3/h7-8,18H,2-3,6,9-17H2,1,4-5H3/q+1. The molecule has 1 nitrogen and oxygen atoms in total. The van der Waals surface area contributed by atoms with Crippen LogP contribution in [0.15, 0.2) is 25.3 Å². The normalized spacial score (nSPS) is 13.2. The lowest BCUT2D eigenvalue weighted by molar-refractivity contribution is -0.918. The monoisotopic (exact) mass is 266 g/mol. The van der Waals surface area contributed by atoms with Crippen LogP contribution in [0.4, 0.5) is 0 Å². The smallest absolute Gasteiger partial charge is 0.0973 e. The summed E-state index contributed by atoms with van der Waals surface area (Å²) in [5.74, 6) is 0.807. The Bertz CT molecular complexity index is 222. The highest BCUT2D eigenvalue weighted by Gasteiger charge is 2.24. The lowest BCUT2D eigenvalue weighted by atomic mass is 10.0. The number of rotatable bonds is 13. The highest BCUT2D eigenvalue weighted by Crippen LogP contribution is 2.17. The Hall–Kier alpha value is -0.560. The molecule has 0 heterocycles. The van der Waals surface area contributed by atoms with Gasteiger partial charge in [-0.05, 0) is 25.5 Å². The number of hydrogen-bond acceptors (Lipinski definition) is 0. The van der Waals surface area contributed by atoms with Gasteiger partial charge in [0.05, 0.1) is 26.2 Å². The Labute approximate surface area is 122 Å². The number of nitrogens with zero attached hydrogens (tertiary/aromatic N) is 1. The van der Waals surface area contributed by atoms with E-state index in [-0.39, 0.29) is 0 Å². The summed E-state index contributed by atoms with van der Waals surface area (Å²) in [5, 5.41) is 0. The van der Waals surface area contributed by atoms with E-state index in [0.29, 0.717) is 0 Å². The molecule has 0 aromatic heterocycles. The summed E-state index contributed by atoms with van der Waals surface area (Å²) in [6.45, 7) is 19.4. The summed E-state index contributed by atoms with van der Waals surface area (Å²) in [4.78, 5) is 0. The first-order chi connectivity index (χ1) is 9.14. The first kappa shape index (κ1) is 18.4. The van der Waals surface area contributed by atoms with E-state index in [1.165, 1.54) is 51.6 Å². The highest BCUT2D eigenvalue weighted by atomic mass is 15.3. The SMILES string of the molecule is C=CC[N+](CC)(CC=C)CC(C)CCCCCCC. The molecule has 0 radical (unpaired) electrons. The van der Waals surface area contributed by atoms with Crippen molar-refractivity contribution in [3.63, 3.8) is 0 Å². The van der Waals surface area contributed by atoms with Crippen molar-refractivity contribution in [3.8, 4) is 0 Å². The Kier molecular flexibility index (Phi) is 10.9. The number of unbranched alkanes of at least 4 members (excludes halogenated alkanes) is 4. The summed E-state index contributed by atoms with van der Waals surface area (Å²) in [7, 11) is 0. The molecule has 0 fully saturated rings. The van der Waals surface area contributed by atoms with Crippen molar-refractivity contribution >= 4 is 0 Å². The second-order valence-corrected chi connectivity index (χ2v) is 6.09. The van der Waals surface area contributed by atoms with Crippen LogP contribution in [0.25, 0.3) is 0 Å². The van der Waals surface area contributed by atoms with E-state index in [4.69, 9.17) is 0 Å². The molecular weight excluding hydrogens is 230 g/mol. The van der Waals surface area contributed by atoms with Crippen LogP contribution in [-0.2, 0) is 0 Å². The molecule has 0 aromatic carbocycles. The van der Waals surface area contributed by atoms with Crippen molar-refractivity contribution in [2.45, 2.75) is 59.3 Å². The summed E-state index contributed by atoms with van der Waals surface area (Å²) >= 11 is 0. The van der Waals surface area contributed by atoms with E-state index >= 15 is 0 Å². The van der Waals surface area contributed by atoms with Crippen LogP contribution in [0, 0.1) is 5.92 Å². The lowest BCUT2D eigenvalue weighted by Crippen LogP contribution is -2.50. The van der Waals surface area contributed by atoms with E-state index in [1.54, 1.807) is 0 Å². The zero-order chi connectivity index (χ0) is 14.6. The van der Waals surface area contributed by atoms with E-state index in [0.717, 1.165) is 23.5 Å². The topological polar surface area (TPSA) is 0 Å². The molecule has 19 heavy (non-hydrogen) atoms. The molecule has 0 bridgehead atoms. The minimum Gasteiger partial charge on any atom is -0.317 e. The third kappa shape index (κ3) is 8.26. The van der Waals surface area contributed by atoms with Crippen molar-refractivity contribution in [1.82, 2.24) is 0 Å². The summed E-state index contributed by atoms with van der Waals surface area (Å²) in [6, 6.07) is 0. The molecule has 1 unspecified atom stereocenters. The van der Waals surface area contributed by atoms with Gasteiger partial charge in [-0.3, -0.25) is 0 Å². The molecular formula is C18H36N+. The molecule has 112 valence electrons. The van der Waals surface area contributed by atoms with Crippen LogP contribution in [0.5, 0.6) is 0 Å². The van der Waals surface area contributed by atoms with Crippen LogP contribution in [-0.4, -0.2) is 30.7 Å². The maximum absolute atomic E-state index is 3.93. The Morgan fingerprint density at radius 3 is 2.00 bits per heavy atom. The molecule has 1 heteroatoms. The Morgan fingerprint density at radius 1 is 0.947 bits per heavy atom. The summed E-state index contributed by atoms with van der Waals surface area (Å²) in [6.07, 6.45) is 12.5. The number of quaternary nitrogens is 1. The Morgan fingerprint density at radius 2 is 1.53 bits per heavy atom. The molecule has 1 atom stereocenters. The minimum absolute atomic E-state index is 0.807. The summed E-state index contributed by atoms with van der Waals surface area (Å²) < 4.78 is 1.13. The fraction of sp³-hybridized carbons (Fsp3) is 0.778. The van der Waals surface area contributed by atoms with Gasteiger partial charge >= 0.3 is 0 Å². The minimum atomic E-state index is 0.807. The molecule has 0 aliphatic rings. The van der Waals surface area contributed by atoms with Crippen LogP contribution >= 0.6 is 0 Å². The van der Waals surface area contributed by atoms with Gasteiger partial charge < -0.3 is 4.48 Å². The van der Waals surface area contributed by atoms with Crippen molar-refractivity contribution in [2.24, 2.45) is 5.92 Å². The highest BCUT2D eigenvalue weighted by molar-refractivity contribution is 4.72. The lowest BCUT2D eigenvalue weighted by Gasteiger charge is -2.38. The van der Waals surface area contributed by atoms with Crippen molar-refractivity contribution in [3.05, 3.63) is 25.3 Å². The van der Waals surface area contributed by atoms with Gasteiger partial charge in [-0.1, -0.05) is 59.1 Å². The van der Waals surface area contributed by atoms with Crippen molar-refractivity contribution in [2.75, 3.05) is 26.2 Å². The van der Waals surface area contributed by atoms with E-state index in [1.807, 2.05) is 0 Å². The van der Waals surface area contributed by atoms with E-state index in [2.05, 4.69) is 46.1 Å². The predicted octanol–water partition coefficient (Wildman–Crippen LogP) is 5.19. The molecule has 0 saturated carbocycles. The molecule has 0 spiro atoms. The van der Waals surface area contributed by atoms with Gasteiger partial charge in [-0.25, -0.2) is 0 Å². The molecule has 0 amide bonds. The maximum Gasteiger partial charge on any atom is 0.0973 e. The van der Waals surface area contributed by atoms with Crippen molar-refractivity contribution in [1.29, 1.82) is 0 Å². The van der Waals surface area contributed by atoms with Gasteiger partial charge in [0.15, 0.2) is 0 Å². The van der Waals surface area contributed by atoms with Gasteiger partial charge in [0.1, 0.15) is 0 Å².